The maximum atomic E-state index is 5.42. The first kappa shape index (κ1) is 9.00. The molecule has 12 heavy (non-hydrogen) atoms. The molecule has 0 amide bonds. The molecule has 0 fully saturated rings. The van der Waals surface area contributed by atoms with Crippen LogP contribution in [0.1, 0.15) is 18.9 Å². The fourth-order valence-electron chi connectivity index (χ4n) is 0.824. The Hall–Kier alpha value is -1.09. The summed E-state index contributed by atoms with van der Waals surface area (Å²) in [5.41, 5.74) is 6.45. The lowest BCUT2D eigenvalue weighted by Crippen LogP contribution is -2.00. The van der Waals surface area contributed by atoms with Gasteiger partial charge in [-0.05, 0) is 12.0 Å². The van der Waals surface area contributed by atoms with E-state index < -0.39 is 0 Å². The Kier molecular flexibility index (Phi) is 3.54. The van der Waals surface area contributed by atoms with Gasteiger partial charge in [-0.15, -0.1) is 0 Å². The molecule has 0 atom stereocenters. The summed E-state index contributed by atoms with van der Waals surface area (Å²) >= 11 is 0. The topological polar surface area (TPSA) is 48.1 Å². The number of rotatable bonds is 4. The fourth-order valence-corrected chi connectivity index (χ4v) is 0.824. The van der Waals surface area contributed by atoms with Crippen LogP contribution in [0.2, 0.25) is 0 Å². The molecule has 0 aliphatic carbocycles. The van der Waals surface area contributed by atoms with Crippen molar-refractivity contribution in [1.29, 1.82) is 0 Å². The van der Waals surface area contributed by atoms with E-state index in [1.54, 1.807) is 6.20 Å². The molecule has 2 N–H and O–H groups in total. The number of pyridine rings is 1. The van der Waals surface area contributed by atoms with E-state index in [4.69, 9.17) is 10.5 Å². The molecule has 0 saturated heterocycles. The highest BCUT2D eigenvalue weighted by molar-refractivity contribution is 5.17. The normalized spacial score (nSPS) is 9.83. The SMILES string of the molecule is CCCOc1ccc(CN)cn1. The first-order valence-corrected chi connectivity index (χ1v) is 4.14. The molecule has 0 unspecified atom stereocenters. The zero-order valence-corrected chi connectivity index (χ0v) is 7.29. The molecule has 0 aromatic carbocycles. The summed E-state index contributed by atoms with van der Waals surface area (Å²) in [6.07, 6.45) is 2.74. The average Bonchev–Trinajstić information content (AvgIpc) is 2.15. The molecule has 3 nitrogen and oxygen atoms in total. The van der Waals surface area contributed by atoms with Crippen molar-refractivity contribution < 1.29 is 4.74 Å². The third-order valence-electron chi connectivity index (χ3n) is 1.49. The monoisotopic (exact) mass is 166 g/mol. The molecule has 1 rings (SSSR count). The standard InChI is InChI=1S/C9H14N2O/c1-2-5-12-9-4-3-8(6-10)7-11-9/h3-4,7H,2,5-6,10H2,1H3. The maximum absolute atomic E-state index is 5.42. The zero-order valence-electron chi connectivity index (χ0n) is 7.29. The van der Waals surface area contributed by atoms with Gasteiger partial charge in [0.25, 0.3) is 0 Å². The van der Waals surface area contributed by atoms with Gasteiger partial charge in [-0.2, -0.15) is 0 Å². The second-order valence-corrected chi connectivity index (χ2v) is 2.56. The molecule has 66 valence electrons. The van der Waals surface area contributed by atoms with Gasteiger partial charge in [-0.3, -0.25) is 0 Å². The zero-order chi connectivity index (χ0) is 8.81. The van der Waals surface area contributed by atoms with Gasteiger partial charge in [0.2, 0.25) is 5.88 Å². The molecule has 1 aromatic heterocycles. The number of hydrogen-bond acceptors (Lipinski definition) is 3. The summed E-state index contributed by atoms with van der Waals surface area (Å²) in [6, 6.07) is 3.77. The van der Waals surface area contributed by atoms with E-state index in [1.165, 1.54) is 0 Å². The van der Waals surface area contributed by atoms with E-state index in [-0.39, 0.29) is 0 Å². The van der Waals surface area contributed by atoms with Crippen LogP contribution in [0.15, 0.2) is 18.3 Å². The lowest BCUT2D eigenvalue weighted by molar-refractivity contribution is 0.305. The summed E-state index contributed by atoms with van der Waals surface area (Å²) < 4.78 is 5.30. The molecular weight excluding hydrogens is 152 g/mol. The van der Waals surface area contributed by atoms with Gasteiger partial charge in [0.05, 0.1) is 6.61 Å². The Bertz CT molecular complexity index is 220. The molecule has 0 radical (unpaired) electrons. The summed E-state index contributed by atoms with van der Waals surface area (Å²) in [6.45, 7) is 3.31. The Balaban J connectivity index is 2.53. The molecule has 0 spiro atoms. The van der Waals surface area contributed by atoms with Crippen molar-refractivity contribution in [3.05, 3.63) is 23.9 Å². The summed E-state index contributed by atoms with van der Waals surface area (Å²) in [5.74, 6) is 0.675. The fraction of sp³-hybridized carbons (Fsp3) is 0.444. The van der Waals surface area contributed by atoms with E-state index in [9.17, 15) is 0 Å². The highest BCUT2D eigenvalue weighted by atomic mass is 16.5. The predicted molar refractivity (Wildman–Crippen MR) is 47.9 cm³/mol. The number of ether oxygens (including phenoxy) is 1. The van der Waals surface area contributed by atoms with Crippen LogP contribution in [-0.2, 0) is 6.54 Å². The van der Waals surface area contributed by atoms with E-state index in [1.807, 2.05) is 12.1 Å². The predicted octanol–water partition coefficient (Wildman–Crippen LogP) is 1.33. The third-order valence-corrected chi connectivity index (χ3v) is 1.49. The first-order chi connectivity index (χ1) is 5.86. The third kappa shape index (κ3) is 2.51. The van der Waals surface area contributed by atoms with Crippen molar-refractivity contribution in [3.8, 4) is 5.88 Å². The number of hydrogen-bond donors (Lipinski definition) is 1. The molecule has 0 saturated carbocycles. The van der Waals surface area contributed by atoms with Crippen LogP contribution >= 0.6 is 0 Å². The van der Waals surface area contributed by atoms with Crippen molar-refractivity contribution in [2.75, 3.05) is 6.61 Å². The second kappa shape index (κ2) is 4.72. The highest BCUT2D eigenvalue weighted by Crippen LogP contribution is 2.06. The minimum Gasteiger partial charge on any atom is -0.478 e. The van der Waals surface area contributed by atoms with Gasteiger partial charge in [-0.25, -0.2) is 4.98 Å². The van der Waals surface area contributed by atoms with Gasteiger partial charge in [0.15, 0.2) is 0 Å². The van der Waals surface area contributed by atoms with Crippen molar-refractivity contribution in [1.82, 2.24) is 4.98 Å². The lowest BCUT2D eigenvalue weighted by Gasteiger charge is -2.02. The minimum absolute atomic E-state index is 0.529. The van der Waals surface area contributed by atoms with Crippen LogP contribution in [0, 0.1) is 0 Å². The van der Waals surface area contributed by atoms with Gasteiger partial charge in [0, 0.05) is 18.8 Å². The van der Waals surface area contributed by atoms with E-state index in [0.717, 1.165) is 18.6 Å². The largest absolute Gasteiger partial charge is 0.478 e. The Morgan fingerprint density at radius 2 is 2.33 bits per heavy atom. The molecule has 1 heterocycles. The van der Waals surface area contributed by atoms with E-state index >= 15 is 0 Å². The van der Waals surface area contributed by atoms with Crippen LogP contribution < -0.4 is 10.5 Å². The van der Waals surface area contributed by atoms with Crippen molar-refractivity contribution in [2.45, 2.75) is 19.9 Å². The first-order valence-electron chi connectivity index (χ1n) is 4.14. The Labute approximate surface area is 72.6 Å². The second-order valence-electron chi connectivity index (χ2n) is 2.56. The molecule has 3 heteroatoms. The molecular formula is C9H14N2O. The van der Waals surface area contributed by atoms with E-state index in [0.29, 0.717) is 12.4 Å². The van der Waals surface area contributed by atoms with Gasteiger partial charge < -0.3 is 10.5 Å². The van der Waals surface area contributed by atoms with Gasteiger partial charge >= 0.3 is 0 Å². The molecule has 0 aliphatic heterocycles. The number of aromatic nitrogens is 1. The highest BCUT2D eigenvalue weighted by Gasteiger charge is 1.93. The summed E-state index contributed by atoms with van der Waals surface area (Å²) in [5, 5.41) is 0. The average molecular weight is 166 g/mol. The van der Waals surface area contributed by atoms with Crippen LogP contribution in [0.25, 0.3) is 0 Å². The van der Waals surface area contributed by atoms with Crippen molar-refractivity contribution in [3.63, 3.8) is 0 Å². The Morgan fingerprint density at radius 1 is 1.50 bits per heavy atom. The molecule has 1 aromatic rings. The number of nitrogens with zero attached hydrogens (tertiary/aromatic N) is 1. The van der Waals surface area contributed by atoms with Crippen LogP contribution in [0.4, 0.5) is 0 Å². The lowest BCUT2D eigenvalue weighted by atomic mass is 10.3. The number of nitrogens with two attached hydrogens (primary N) is 1. The minimum atomic E-state index is 0.529. The summed E-state index contributed by atoms with van der Waals surface area (Å²) in [4.78, 5) is 4.08. The molecule has 0 bridgehead atoms. The molecule has 0 aliphatic rings. The van der Waals surface area contributed by atoms with Crippen molar-refractivity contribution in [2.24, 2.45) is 5.73 Å². The van der Waals surface area contributed by atoms with Gasteiger partial charge in [0.1, 0.15) is 0 Å². The van der Waals surface area contributed by atoms with Crippen LogP contribution in [0.5, 0.6) is 5.88 Å². The smallest absolute Gasteiger partial charge is 0.213 e. The van der Waals surface area contributed by atoms with Crippen LogP contribution in [-0.4, -0.2) is 11.6 Å². The summed E-state index contributed by atoms with van der Waals surface area (Å²) in [7, 11) is 0. The van der Waals surface area contributed by atoms with Crippen molar-refractivity contribution >= 4 is 0 Å². The van der Waals surface area contributed by atoms with Crippen LogP contribution in [0.3, 0.4) is 0 Å². The van der Waals surface area contributed by atoms with E-state index in [2.05, 4.69) is 11.9 Å². The Morgan fingerprint density at radius 3 is 2.83 bits per heavy atom. The maximum Gasteiger partial charge on any atom is 0.213 e. The van der Waals surface area contributed by atoms with Gasteiger partial charge in [-0.1, -0.05) is 13.0 Å². The quantitative estimate of drug-likeness (QED) is 0.734.